The highest BCUT2D eigenvalue weighted by Gasteiger charge is 2.37. The van der Waals surface area contributed by atoms with E-state index < -0.39 is 11.9 Å². The number of allylic oxidation sites excluding steroid dienone is 1. The Morgan fingerprint density at radius 3 is 2.75 bits per heavy atom. The molecule has 3 rings (SSSR count). The molecular weight excluding hydrogens is 354 g/mol. The number of pyridine rings is 1. The van der Waals surface area contributed by atoms with Crippen LogP contribution in [0.4, 0.5) is 5.69 Å². The van der Waals surface area contributed by atoms with Crippen LogP contribution < -0.4 is 10.1 Å². The largest absolute Gasteiger partial charge is 0.475 e. The molecule has 1 aliphatic rings. The van der Waals surface area contributed by atoms with Gasteiger partial charge in [-0.2, -0.15) is 5.26 Å². The third kappa shape index (κ3) is 3.56. The lowest BCUT2D eigenvalue weighted by Crippen LogP contribution is -2.26. The lowest BCUT2D eigenvalue weighted by molar-refractivity contribution is -0.138. The number of hydrogen-bond donors (Lipinski definition) is 1. The van der Waals surface area contributed by atoms with Crippen LogP contribution >= 0.6 is 0 Å². The summed E-state index contributed by atoms with van der Waals surface area (Å²) >= 11 is 0. The van der Waals surface area contributed by atoms with Gasteiger partial charge in [-0.3, -0.25) is 0 Å². The number of anilines is 1. The highest BCUT2D eigenvalue weighted by Crippen LogP contribution is 2.46. The normalized spacial score (nSPS) is 15.5. The number of aromatic nitrogens is 1. The number of fused-ring (bicyclic) bond motifs is 1. The van der Waals surface area contributed by atoms with Crippen LogP contribution in [0.1, 0.15) is 50.3 Å². The van der Waals surface area contributed by atoms with Gasteiger partial charge in [-0.15, -0.1) is 0 Å². The van der Waals surface area contributed by atoms with Crippen molar-refractivity contribution in [1.29, 1.82) is 5.26 Å². The van der Waals surface area contributed by atoms with Crippen molar-refractivity contribution >= 4 is 11.7 Å². The number of carbonyl (C=O) groups is 1. The maximum atomic E-state index is 12.9. The van der Waals surface area contributed by atoms with Crippen molar-refractivity contribution in [3.8, 4) is 11.9 Å². The van der Waals surface area contributed by atoms with Crippen LogP contribution in [0.3, 0.4) is 0 Å². The second kappa shape index (κ2) is 8.13. The number of benzene rings is 1. The smallest absolute Gasteiger partial charge is 0.336 e. The van der Waals surface area contributed by atoms with Gasteiger partial charge in [0.25, 0.3) is 0 Å². The SMILES string of the molecule is CCOC(=O)C1=C(C)Nc2ccnc(OC(C)C)c2C1c1ccccc1C#N. The van der Waals surface area contributed by atoms with Crippen molar-refractivity contribution in [2.45, 2.75) is 39.7 Å². The molecule has 0 fully saturated rings. The van der Waals surface area contributed by atoms with Crippen molar-refractivity contribution in [3.63, 3.8) is 0 Å². The molecule has 6 nitrogen and oxygen atoms in total. The number of nitriles is 1. The topological polar surface area (TPSA) is 84.2 Å². The summed E-state index contributed by atoms with van der Waals surface area (Å²) in [6.45, 7) is 7.70. The highest BCUT2D eigenvalue weighted by atomic mass is 16.5. The molecule has 1 aromatic heterocycles. The molecule has 1 atom stereocenters. The molecule has 0 bridgehead atoms. The summed E-state index contributed by atoms with van der Waals surface area (Å²) in [4.78, 5) is 17.3. The monoisotopic (exact) mass is 377 g/mol. The highest BCUT2D eigenvalue weighted by molar-refractivity contribution is 5.95. The van der Waals surface area contributed by atoms with Gasteiger partial charge in [-0.05, 0) is 45.4 Å². The van der Waals surface area contributed by atoms with Gasteiger partial charge in [0.1, 0.15) is 0 Å². The van der Waals surface area contributed by atoms with Crippen LogP contribution in [0.25, 0.3) is 0 Å². The second-order valence-electron chi connectivity index (χ2n) is 6.76. The minimum atomic E-state index is -0.520. The van der Waals surface area contributed by atoms with E-state index in [2.05, 4.69) is 16.4 Å². The standard InChI is InChI=1S/C22H23N3O3/c1-5-27-22(26)18-14(4)25-17-10-11-24-21(28-13(2)3)20(17)19(18)16-9-7-6-8-15(16)12-23/h6-11,13,19,25H,5H2,1-4H3. The zero-order chi connectivity index (χ0) is 20.3. The molecule has 1 N–H and O–H groups in total. The van der Waals surface area contributed by atoms with Crippen molar-refractivity contribution < 1.29 is 14.3 Å². The molecule has 2 aromatic rings. The molecule has 0 aliphatic carbocycles. The first kappa shape index (κ1) is 19.4. The summed E-state index contributed by atoms with van der Waals surface area (Å²) in [6.07, 6.45) is 1.57. The zero-order valence-electron chi connectivity index (χ0n) is 16.4. The molecule has 0 amide bonds. The van der Waals surface area contributed by atoms with E-state index in [4.69, 9.17) is 9.47 Å². The number of esters is 1. The minimum Gasteiger partial charge on any atom is -0.475 e. The van der Waals surface area contributed by atoms with Crippen LogP contribution in [0, 0.1) is 11.3 Å². The fraction of sp³-hybridized carbons (Fsp3) is 0.318. The number of rotatable bonds is 5. The number of ether oxygens (including phenoxy) is 2. The maximum absolute atomic E-state index is 12.9. The van der Waals surface area contributed by atoms with E-state index in [0.717, 1.165) is 16.8 Å². The molecule has 28 heavy (non-hydrogen) atoms. The summed E-state index contributed by atoms with van der Waals surface area (Å²) in [5.74, 6) is -0.504. The first-order valence-electron chi connectivity index (χ1n) is 9.27. The van der Waals surface area contributed by atoms with E-state index in [-0.39, 0.29) is 12.7 Å². The Morgan fingerprint density at radius 2 is 2.07 bits per heavy atom. The summed E-state index contributed by atoms with van der Waals surface area (Å²) in [5, 5.41) is 12.9. The van der Waals surface area contributed by atoms with Gasteiger partial charge in [0.05, 0.1) is 41.4 Å². The first-order valence-corrected chi connectivity index (χ1v) is 9.27. The van der Waals surface area contributed by atoms with E-state index >= 15 is 0 Å². The molecule has 6 heteroatoms. The lowest BCUT2D eigenvalue weighted by atomic mass is 9.79. The van der Waals surface area contributed by atoms with Gasteiger partial charge in [-0.25, -0.2) is 9.78 Å². The summed E-state index contributed by atoms with van der Waals surface area (Å²) in [6, 6.07) is 11.3. The molecule has 0 radical (unpaired) electrons. The molecular formula is C22H23N3O3. The lowest BCUT2D eigenvalue weighted by Gasteiger charge is -2.31. The molecule has 1 aliphatic heterocycles. The van der Waals surface area contributed by atoms with E-state index in [1.165, 1.54) is 0 Å². The van der Waals surface area contributed by atoms with Gasteiger partial charge in [0.15, 0.2) is 0 Å². The molecule has 0 saturated carbocycles. The van der Waals surface area contributed by atoms with Gasteiger partial charge in [0, 0.05) is 17.6 Å². The quantitative estimate of drug-likeness (QED) is 0.789. The van der Waals surface area contributed by atoms with Crippen LogP contribution in [0.15, 0.2) is 47.8 Å². The van der Waals surface area contributed by atoms with Gasteiger partial charge < -0.3 is 14.8 Å². The Hall–Kier alpha value is -3.33. The number of hydrogen-bond acceptors (Lipinski definition) is 6. The maximum Gasteiger partial charge on any atom is 0.336 e. The summed E-state index contributed by atoms with van der Waals surface area (Å²) in [7, 11) is 0. The molecule has 0 spiro atoms. The van der Waals surface area contributed by atoms with Crippen molar-refractivity contribution in [3.05, 3.63) is 64.5 Å². The molecule has 144 valence electrons. The Bertz CT molecular complexity index is 973. The Kier molecular flexibility index (Phi) is 5.65. The summed E-state index contributed by atoms with van der Waals surface area (Å²) < 4.78 is 11.3. The van der Waals surface area contributed by atoms with Crippen LogP contribution in [0.2, 0.25) is 0 Å². The van der Waals surface area contributed by atoms with E-state index in [1.807, 2.05) is 39.0 Å². The number of nitrogens with zero attached hydrogens (tertiary/aromatic N) is 2. The number of carbonyl (C=O) groups excluding carboxylic acids is 1. The first-order chi connectivity index (χ1) is 13.5. The molecule has 1 aromatic carbocycles. The van der Waals surface area contributed by atoms with E-state index in [1.54, 1.807) is 25.3 Å². The van der Waals surface area contributed by atoms with Crippen molar-refractivity contribution in [2.24, 2.45) is 0 Å². The summed E-state index contributed by atoms with van der Waals surface area (Å²) in [5.41, 5.74) is 3.89. The Morgan fingerprint density at radius 1 is 1.32 bits per heavy atom. The predicted octanol–water partition coefficient (Wildman–Crippen LogP) is 4.13. The second-order valence-corrected chi connectivity index (χ2v) is 6.76. The van der Waals surface area contributed by atoms with Gasteiger partial charge in [0.2, 0.25) is 5.88 Å². The van der Waals surface area contributed by atoms with Gasteiger partial charge >= 0.3 is 5.97 Å². The molecule has 2 heterocycles. The fourth-order valence-electron chi connectivity index (χ4n) is 3.43. The van der Waals surface area contributed by atoms with E-state index in [0.29, 0.717) is 22.7 Å². The third-order valence-corrected chi connectivity index (χ3v) is 4.49. The zero-order valence-corrected chi connectivity index (χ0v) is 16.4. The Labute approximate surface area is 164 Å². The van der Waals surface area contributed by atoms with Crippen LogP contribution in [-0.2, 0) is 9.53 Å². The minimum absolute atomic E-state index is 0.0936. The molecule has 1 unspecified atom stereocenters. The average molecular weight is 377 g/mol. The fourth-order valence-corrected chi connectivity index (χ4v) is 3.43. The van der Waals surface area contributed by atoms with Gasteiger partial charge in [-0.1, -0.05) is 18.2 Å². The molecule has 0 saturated heterocycles. The van der Waals surface area contributed by atoms with Crippen molar-refractivity contribution in [2.75, 3.05) is 11.9 Å². The van der Waals surface area contributed by atoms with Crippen LogP contribution in [0.5, 0.6) is 5.88 Å². The van der Waals surface area contributed by atoms with Crippen LogP contribution in [-0.4, -0.2) is 23.7 Å². The number of nitrogens with one attached hydrogen (secondary N) is 1. The van der Waals surface area contributed by atoms with E-state index in [9.17, 15) is 10.1 Å². The Balaban J connectivity index is 2.30. The van der Waals surface area contributed by atoms with Crippen molar-refractivity contribution in [1.82, 2.24) is 4.98 Å². The third-order valence-electron chi connectivity index (χ3n) is 4.49. The predicted molar refractivity (Wildman–Crippen MR) is 106 cm³/mol. The average Bonchev–Trinajstić information content (AvgIpc) is 2.66.